The highest BCUT2D eigenvalue weighted by Gasteiger charge is 2.13. The summed E-state index contributed by atoms with van der Waals surface area (Å²) in [7, 11) is 5.89. The fraction of sp³-hybridized carbons (Fsp3) is 0.450. The number of benzene rings is 1. The lowest BCUT2D eigenvalue weighted by Crippen LogP contribution is -2.26. The van der Waals surface area contributed by atoms with Crippen molar-refractivity contribution in [2.45, 2.75) is 38.4 Å². The van der Waals surface area contributed by atoms with E-state index in [1.807, 2.05) is 41.2 Å². The zero-order chi connectivity index (χ0) is 19.3. The Bertz CT molecular complexity index is 736. The fourth-order valence-electron chi connectivity index (χ4n) is 2.85. The number of hydrogen-bond donors (Lipinski definition) is 0. The van der Waals surface area contributed by atoms with E-state index in [1.165, 1.54) is 11.8 Å². The van der Waals surface area contributed by atoms with Gasteiger partial charge in [-0.3, -0.25) is 4.79 Å². The van der Waals surface area contributed by atoms with Gasteiger partial charge in [-0.25, -0.2) is 9.97 Å². The summed E-state index contributed by atoms with van der Waals surface area (Å²) < 4.78 is 0. The molecule has 0 fully saturated rings. The highest BCUT2D eigenvalue weighted by Crippen LogP contribution is 2.18. The minimum atomic E-state index is 0.134. The molecular formula is C20H28N4OS. The SMILES string of the molecule is CSc1nc(C)c(CCC(=O)N(C)Cc2ccc(N(C)C)cc2)c(C)n1. The van der Waals surface area contributed by atoms with Gasteiger partial charge in [0, 0.05) is 51.2 Å². The second-order valence-electron chi connectivity index (χ2n) is 6.67. The lowest BCUT2D eigenvalue weighted by atomic mass is 10.1. The Kier molecular flexibility index (Phi) is 7.03. The molecule has 140 valence electrons. The Morgan fingerprint density at radius 2 is 1.62 bits per heavy atom. The van der Waals surface area contributed by atoms with E-state index in [0.717, 1.165) is 33.4 Å². The van der Waals surface area contributed by atoms with Gasteiger partial charge in [-0.2, -0.15) is 0 Å². The highest BCUT2D eigenvalue weighted by molar-refractivity contribution is 7.98. The average molecular weight is 373 g/mol. The van der Waals surface area contributed by atoms with E-state index in [-0.39, 0.29) is 5.91 Å². The van der Waals surface area contributed by atoms with Gasteiger partial charge in [0.15, 0.2) is 5.16 Å². The summed E-state index contributed by atoms with van der Waals surface area (Å²) in [4.78, 5) is 25.3. The topological polar surface area (TPSA) is 49.3 Å². The molecule has 0 N–H and O–H groups in total. The van der Waals surface area contributed by atoms with Crippen LogP contribution in [0.1, 0.15) is 28.9 Å². The van der Waals surface area contributed by atoms with Gasteiger partial charge in [-0.15, -0.1) is 0 Å². The van der Waals surface area contributed by atoms with Crippen LogP contribution in [0.25, 0.3) is 0 Å². The minimum absolute atomic E-state index is 0.134. The lowest BCUT2D eigenvalue weighted by molar-refractivity contribution is -0.130. The molecular weight excluding hydrogens is 344 g/mol. The molecule has 0 bridgehead atoms. The van der Waals surface area contributed by atoms with Crippen LogP contribution in [0.15, 0.2) is 29.4 Å². The van der Waals surface area contributed by atoms with Gasteiger partial charge in [-0.05, 0) is 49.8 Å². The summed E-state index contributed by atoms with van der Waals surface area (Å²) in [5, 5.41) is 0.786. The molecule has 0 spiro atoms. The molecule has 1 heterocycles. The zero-order valence-corrected chi connectivity index (χ0v) is 17.4. The monoisotopic (exact) mass is 372 g/mol. The van der Waals surface area contributed by atoms with E-state index in [0.29, 0.717) is 19.4 Å². The zero-order valence-electron chi connectivity index (χ0n) is 16.5. The molecule has 0 aliphatic carbocycles. The number of aryl methyl sites for hydroxylation is 2. The highest BCUT2D eigenvalue weighted by atomic mass is 32.2. The van der Waals surface area contributed by atoms with Crippen molar-refractivity contribution in [3.63, 3.8) is 0 Å². The number of amides is 1. The third kappa shape index (κ3) is 5.21. The molecule has 1 aromatic heterocycles. The summed E-state index contributed by atoms with van der Waals surface area (Å²) in [6.45, 7) is 4.60. The van der Waals surface area contributed by atoms with Gasteiger partial charge in [0.1, 0.15) is 0 Å². The van der Waals surface area contributed by atoms with Crippen LogP contribution < -0.4 is 4.90 Å². The standard InChI is InChI=1S/C20H28N4OS/c1-14-18(15(2)22-20(21-14)26-6)11-12-19(25)24(5)13-16-7-9-17(10-8-16)23(3)4/h7-10H,11-13H2,1-6H3. The number of carbonyl (C=O) groups excluding carboxylic acids is 1. The first kappa shape index (κ1) is 20.2. The van der Waals surface area contributed by atoms with Crippen LogP contribution in [0, 0.1) is 13.8 Å². The molecule has 0 unspecified atom stereocenters. The Morgan fingerprint density at radius 1 is 1.04 bits per heavy atom. The third-order valence-electron chi connectivity index (χ3n) is 4.47. The van der Waals surface area contributed by atoms with Gasteiger partial charge < -0.3 is 9.80 Å². The van der Waals surface area contributed by atoms with Crippen molar-refractivity contribution in [2.24, 2.45) is 0 Å². The first-order chi connectivity index (χ1) is 12.3. The number of nitrogens with zero attached hydrogens (tertiary/aromatic N) is 4. The van der Waals surface area contributed by atoms with Crippen LogP contribution in [0.5, 0.6) is 0 Å². The molecule has 6 heteroatoms. The largest absolute Gasteiger partial charge is 0.378 e. The molecule has 2 rings (SSSR count). The maximum absolute atomic E-state index is 12.5. The molecule has 5 nitrogen and oxygen atoms in total. The van der Waals surface area contributed by atoms with Crippen LogP contribution in [0.4, 0.5) is 5.69 Å². The number of thioether (sulfide) groups is 1. The number of aromatic nitrogens is 2. The van der Waals surface area contributed by atoms with Crippen LogP contribution >= 0.6 is 11.8 Å². The Labute approximate surface area is 160 Å². The number of anilines is 1. The molecule has 1 aromatic carbocycles. The maximum atomic E-state index is 12.5. The molecule has 2 aromatic rings. The van der Waals surface area contributed by atoms with E-state index in [2.05, 4.69) is 39.1 Å². The number of carbonyl (C=O) groups is 1. The van der Waals surface area contributed by atoms with Crippen molar-refractivity contribution in [3.05, 3.63) is 46.8 Å². The fourth-order valence-corrected chi connectivity index (χ4v) is 3.30. The molecule has 0 saturated carbocycles. The normalized spacial score (nSPS) is 10.7. The Morgan fingerprint density at radius 3 is 2.12 bits per heavy atom. The van der Waals surface area contributed by atoms with Crippen molar-refractivity contribution in [1.29, 1.82) is 0 Å². The van der Waals surface area contributed by atoms with Gasteiger partial charge in [0.05, 0.1) is 0 Å². The van der Waals surface area contributed by atoms with E-state index in [9.17, 15) is 4.79 Å². The van der Waals surface area contributed by atoms with Gasteiger partial charge in [-0.1, -0.05) is 23.9 Å². The molecule has 26 heavy (non-hydrogen) atoms. The van der Waals surface area contributed by atoms with E-state index >= 15 is 0 Å². The van der Waals surface area contributed by atoms with Crippen molar-refractivity contribution < 1.29 is 4.79 Å². The van der Waals surface area contributed by atoms with Gasteiger partial charge in [0.2, 0.25) is 5.91 Å². The van der Waals surface area contributed by atoms with Gasteiger partial charge in [0.25, 0.3) is 0 Å². The van der Waals surface area contributed by atoms with Crippen LogP contribution in [-0.2, 0) is 17.8 Å². The Hall–Kier alpha value is -2.08. The smallest absolute Gasteiger partial charge is 0.222 e. The van der Waals surface area contributed by atoms with Gasteiger partial charge >= 0.3 is 0 Å². The molecule has 0 radical (unpaired) electrons. The molecule has 0 aliphatic heterocycles. The van der Waals surface area contributed by atoms with E-state index in [4.69, 9.17) is 0 Å². The van der Waals surface area contributed by atoms with E-state index in [1.54, 1.807) is 4.90 Å². The first-order valence-corrected chi connectivity index (χ1v) is 9.92. The molecule has 0 atom stereocenters. The van der Waals surface area contributed by atoms with Crippen molar-refractivity contribution in [1.82, 2.24) is 14.9 Å². The predicted octanol–water partition coefficient (Wildman–Crippen LogP) is 3.47. The second-order valence-corrected chi connectivity index (χ2v) is 7.44. The lowest BCUT2D eigenvalue weighted by Gasteiger charge is -2.19. The predicted molar refractivity (Wildman–Crippen MR) is 109 cm³/mol. The summed E-state index contributed by atoms with van der Waals surface area (Å²) in [5.41, 5.74) is 5.31. The molecule has 0 aliphatic rings. The van der Waals surface area contributed by atoms with E-state index < -0.39 is 0 Å². The Balaban J connectivity index is 1.95. The summed E-state index contributed by atoms with van der Waals surface area (Å²) in [6.07, 6.45) is 3.11. The average Bonchev–Trinajstić information content (AvgIpc) is 2.60. The summed E-state index contributed by atoms with van der Waals surface area (Å²) >= 11 is 1.54. The second kappa shape index (κ2) is 9.03. The maximum Gasteiger partial charge on any atom is 0.222 e. The van der Waals surface area contributed by atoms with Crippen molar-refractivity contribution in [3.8, 4) is 0 Å². The molecule has 0 saturated heterocycles. The molecule has 1 amide bonds. The summed E-state index contributed by atoms with van der Waals surface area (Å²) in [5.74, 6) is 0.134. The minimum Gasteiger partial charge on any atom is -0.378 e. The number of rotatable bonds is 7. The van der Waals surface area contributed by atoms with Crippen LogP contribution in [-0.4, -0.2) is 48.2 Å². The first-order valence-electron chi connectivity index (χ1n) is 8.70. The third-order valence-corrected chi connectivity index (χ3v) is 5.02. The van der Waals surface area contributed by atoms with Crippen LogP contribution in [0.2, 0.25) is 0 Å². The number of hydrogen-bond acceptors (Lipinski definition) is 5. The summed E-state index contributed by atoms with van der Waals surface area (Å²) in [6, 6.07) is 8.29. The quantitative estimate of drug-likeness (QED) is 0.550. The van der Waals surface area contributed by atoms with Crippen LogP contribution in [0.3, 0.4) is 0 Å². The van der Waals surface area contributed by atoms with Crippen molar-refractivity contribution in [2.75, 3.05) is 32.3 Å². The van der Waals surface area contributed by atoms with Crippen molar-refractivity contribution >= 4 is 23.4 Å².